The summed E-state index contributed by atoms with van der Waals surface area (Å²) in [6, 6.07) is 0. The van der Waals surface area contributed by atoms with Gasteiger partial charge in [0.25, 0.3) is 0 Å². The quantitative estimate of drug-likeness (QED) is 0.502. The maximum Gasteiger partial charge on any atom is 0.320 e. The third kappa shape index (κ3) is 4.32. The summed E-state index contributed by atoms with van der Waals surface area (Å²) in [7, 11) is 0. The Morgan fingerprint density at radius 1 is 1.12 bits per heavy atom. The molecule has 1 aliphatic heterocycles. The molecule has 0 N–H and O–H groups in total. The number of rotatable bonds is 6. The Labute approximate surface area is 100 Å². The Morgan fingerprint density at radius 3 is 2.00 bits per heavy atom. The van der Waals surface area contributed by atoms with E-state index >= 15 is 0 Å². The van der Waals surface area contributed by atoms with Gasteiger partial charge in [-0.05, 0) is 13.8 Å². The number of esters is 2. The zero-order valence-electron chi connectivity index (χ0n) is 10.1. The van der Waals surface area contributed by atoms with Crippen LogP contribution in [0.2, 0.25) is 0 Å². The van der Waals surface area contributed by atoms with Crippen molar-refractivity contribution in [2.45, 2.75) is 26.6 Å². The lowest BCUT2D eigenvalue weighted by molar-refractivity contribution is -0.166. The van der Waals surface area contributed by atoms with Crippen LogP contribution in [0.25, 0.3) is 0 Å². The van der Waals surface area contributed by atoms with Crippen LogP contribution in [-0.2, 0) is 28.5 Å². The monoisotopic (exact) mass is 246 g/mol. The van der Waals surface area contributed by atoms with Crippen LogP contribution in [0.1, 0.15) is 20.3 Å². The first-order valence-electron chi connectivity index (χ1n) is 5.75. The molecule has 0 atom stereocenters. The summed E-state index contributed by atoms with van der Waals surface area (Å²) in [5.41, 5.74) is 0. The number of hydrogen-bond donors (Lipinski definition) is 0. The van der Waals surface area contributed by atoms with Gasteiger partial charge in [-0.1, -0.05) is 0 Å². The van der Waals surface area contributed by atoms with Gasteiger partial charge in [0.2, 0.25) is 0 Å². The second-order valence-corrected chi connectivity index (χ2v) is 3.46. The molecule has 0 saturated carbocycles. The van der Waals surface area contributed by atoms with Crippen LogP contribution in [0.4, 0.5) is 0 Å². The van der Waals surface area contributed by atoms with Crippen LogP contribution in [0.5, 0.6) is 0 Å². The van der Waals surface area contributed by atoms with Gasteiger partial charge in [0.05, 0.1) is 26.4 Å². The minimum Gasteiger partial charge on any atom is -0.465 e. The van der Waals surface area contributed by atoms with Crippen molar-refractivity contribution >= 4 is 11.9 Å². The van der Waals surface area contributed by atoms with Gasteiger partial charge in [0, 0.05) is 6.42 Å². The molecule has 6 nitrogen and oxygen atoms in total. The highest BCUT2D eigenvalue weighted by Crippen LogP contribution is 2.17. The summed E-state index contributed by atoms with van der Waals surface area (Å²) >= 11 is 0. The second kappa shape index (κ2) is 7.24. The van der Waals surface area contributed by atoms with Crippen molar-refractivity contribution in [3.63, 3.8) is 0 Å². The fourth-order valence-electron chi connectivity index (χ4n) is 1.51. The van der Waals surface area contributed by atoms with E-state index in [2.05, 4.69) is 0 Å². The molecule has 0 unspecified atom stereocenters. The highest BCUT2D eigenvalue weighted by molar-refractivity contribution is 5.94. The molecule has 0 aromatic carbocycles. The summed E-state index contributed by atoms with van der Waals surface area (Å²) in [5, 5.41) is 0. The third-order valence-electron chi connectivity index (χ3n) is 2.26. The van der Waals surface area contributed by atoms with Crippen LogP contribution in [0.15, 0.2) is 0 Å². The Balaban J connectivity index is 2.56. The molecule has 0 aromatic heterocycles. The summed E-state index contributed by atoms with van der Waals surface area (Å²) < 4.78 is 20.1. The van der Waals surface area contributed by atoms with E-state index in [1.807, 2.05) is 0 Å². The number of ether oxygens (including phenoxy) is 4. The Morgan fingerprint density at radius 2 is 1.59 bits per heavy atom. The summed E-state index contributed by atoms with van der Waals surface area (Å²) in [5.74, 6) is -2.16. The second-order valence-electron chi connectivity index (χ2n) is 3.46. The van der Waals surface area contributed by atoms with E-state index in [-0.39, 0.29) is 19.6 Å². The van der Waals surface area contributed by atoms with Gasteiger partial charge in [0.1, 0.15) is 0 Å². The Kier molecular flexibility index (Phi) is 5.93. The van der Waals surface area contributed by atoms with Crippen molar-refractivity contribution in [1.82, 2.24) is 0 Å². The summed E-state index contributed by atoms with van der Waals surface area (Å²) in [6.45, 7) is 4.76. The van der Waals surface area contributed by atoms with Gasteiger partial charge in [-0.2, -0.15) is 0 Å². The van der Waals surface area contributed by atoms with Crippen molar-refractivity contribution in [3.8, 4) is 0 Å². The van der Waals surface area contributed by atoms with E-state index in [0.717, 1.165) is 0 Å². The van der Waals surface area contributed by atoms with E-state index in [0.29, 0.717) is 13.2 Å². The van der Waals surface area contributed by atoms with E-state index in [1.54, 1.807) is 13.8 Å². The molecule has 1 rings (SSSR count). The van der Waals surface area contributed by atoms with Crippen molar-refractivity contribution in [2.75, 3.05) is 26.4 Å². The predicted molar refractivity (Wildman–Crippen MR) is 57.1 cm³/mol. The molecular formula is C11H18O6. The molecule has 6 heteroatoms. The SMILES string of the molecule is CCOC(=O)C(CC1OCCO1)C(=O)OCC. The standard InChI is InChI=1S/C11H18O6/c1-3-14-10(12)8(11(13)15-4-2)7-9-16-5-6-17-9/h8-9H,3-7H2,1-2H3. The maximum absolute atomic E-state index is 11.6. The molecule has 0 aliphatic carbocycles. The zero-order valence-corrected chi connectivity index (χ0v) is 10.1. The van der Waals surface area contributed by atoms with Gasteiger partial charge in [-0.25, -0.2) is 0 Å². The predicted octanol–water partition coefficient (Wildman–Crippen LogP) is 0.492. The normalized spacial score (nSPS) is 16.2. The fourth-order valence-corrected chi connectivity index (χ4v) is 1.51. The van der Waals surface area contributed by atoms with E-state index in [9.17, 15) is 9.59 Å². The van der Waals surface area contributed by atoms with Gasteiger partial charge in [-0.15, -0.1) is 0 Å². The molecule has 0 bridgehead atoms. The molecule has 98 valence electrons. The van der Waals surface area contributed by atoms with Gasteiger partial charge < -0.3 is 18.9 Å². The first-order chi connectivity index (χ1) is 8.19. The molecular weight excluding hydrogens is 228 g/mol. The molecule has 0 aromatic rings. The van der Waals surface area contributed by atoms with Gasteiger partial charge in [0.15, 0.2) is 12.2 Å². The average molecular weight is 246 g/mol. The number of hydrogen-bond acceptors (Lipinski definition) is 6. The molecule has 1 aliphatic rings. The lowest BCUT2D eigenvalue weighted by Gasteiger charge is -2.17. The van der Waals surface area contributed by atoms with Crippen LogP contribution in [0, 0.1) is 5.92 Å². The number of carbonyl (C=O) groups is 2. The van der Waals surface area contributed by atoms with Crippen molar-refractivity contribution in [2.24, 2.45) is 5.92 Å². The van der Waals surface area contributed by atoms with Crippen LogP contribution in [0.3, 0.4) is 0 Å². The fraction of sp³-hybridized carbons (Fsp3) is 0.818. The van der Waals surface area contributed by atoms with E-state index in [4.69, 9.17) is 18.9 Å². The molecule has 0 radical (unpaired) electrons. The number of carbonyl (C=O) groups excluding carboxylic acids is 2. The van der Waals surface area contributed by atoms with E-state index in [1.165, 1.54) is 0 Å². The minimum absolute atomic E-state index is 0.137. The van der Waals surface area contributed by atoms with Gasteiger partial charge in [-0.3, -0.25) is 9.59 Å². The zero-order chi connectivity index (χ0) is 12.7. The topological polar surface area (TPSA) is 71.1 Å². The van der Waals surface area contributed by atoms with Gasteiger partial charge >= 0.3 is 11.9 Å². The highest BCUT2D eigenvalue weighted by Gasteiger charge is 2.34. The van der Waals surface area contributed by atoms with Crippen molar-refractivity contribution < 1.29 is 28.5 Å². The van der Waals surface area contributed by atoms with Crippen LogP contribution >= 0.6 is 0 Å². The molecule has 1 heterocycles. The molecule has 1 fully saturated rings. The minimum atomic E-state index is -0.974. The smallest absolute Gasteiger partial charge is 0.320 e. The Bertz CT molecular complexity index is 241. The molecule has 0 amide bonds. The molecule has 1 saturated heterocycles. The van der Waals surface area contributed by atoms with Crippen molar-refractivity contribution in [3.05, 3.63) is 0 Å². The molecule has 0 spiro atoms. The summed E-state index contributed by atoms with van der Waals surface area (Å²) in [6.07, 6.45) is -0.397. The lowest BCUT2D eigenvalue weighted by atomic mass is 10.1. The first-order valence-corrected chi connectivity index (χ1v) is 5.75. The lowest BCUT2D eigenvalue weighted by Crippen LogP contribution is -2.31. The Hall–Kier alpha value is -1.14. The average Bonchev–Trinajstić information content (AvgIpc) is 2.79. The first kappa shape index (κ1) is 13.9. The maximum atomic E-state index is 11.6. The van der Waals surface area contributed by atoms with Crippen LogP contribution in [-0.4, -0.2) is 44.7 Å². The van der Waals surface area contributed by atoms with Crippen molar-refractivity contribution in [1.29, 1.82) is 0 Å². The van der Waals surface area contributed by atoms with Crippen LogP contribution < -0.4 is 0 Å². The molecule has 17 heavy (non-hydrogen) atoms. The third-order valence-corrected chi connectivity index (χ3v) is 2.26. The van der Waals surface area contributed by atoms with E-state index < -0.39 is 24.1 Å². The largest absolute Gasteiger partial charge is 0.465 e. The highest BCUT2D eigenvalue weighted by atomic mass is 16.7. The summed E-state index contributed by atoms with van der Waals surface area (Å²) in [4.78, 5) is 23.2.